The maximum Gasteiger partial charge on any atom is 0.243 e. The molecular formula is C20H26N4O3. The van der Waals surface area contributed by atoms with Crippen LogP contribution >= 0.6 is 0 Å². The number of aromatic nitrogens is 2. The van der Waals surface area contributed by atoms with Gasteiger partial charge in [0.1, 0.15) is 12.3 Å². The van der Waals surface area contributed by atoms with Crippen molar-refractivity contribution in [1.82, 2.24) is 20.6 Å². The van der Waals surface area contributed by atoms with E-state index in [0.717, 1.165) is 11.3 Å². The summed E-state index contributed by atoms with van der Waals surface area (Å²) in [5.41, 5.74) is 1.68. The third-order valence-electron chi connectivity index (χ3n) is 4.01. The number of H-pyrrole nitrogens is 1. The number of nitrogens with one attached hydrogen (secondary N) is 3. The van der Waals surface area contributed by atoms with E-state index in [9.17, 15) is 14.4 Å². The number of carbonyl (C=O) groups excluding carboxylic acids is 3. The average Bonchev–Trinajstić information content (AvgIpc) is 3.13. The van der Waals surface area contributed by atoms with Crippen molar-refractivity contribution in [1.29, 1.82) is 0 Å². The van der Waals surface area contributed by atoms with Gasteiger partial charge in [0.2, 0.25) is 11.8 Å². The smallest absolute Gasteiger partial charge is 0.243 e. The number of nitrogens with zero attached hydrogens (tertiary/aromatic N) is 1. The number of carbonyl (C=O) groups is 3. The Hall–Kier alpha value is -2.96. The fourth-order valence-corrected chi connectivity index (χ4v) is 2.73. The number of rotatable bonds is 10. The second-order valence-electron chi connectivity index (χ2n) is 6.94. The highest BCUT2D eigenvalue weighted by Crippen LogP contribution is 2.06. The van der Waals surface area contributed by atoms with Crippen molar-refractivity contribution < 1.29 is 14.4 Å². The molecule has 2 aromatic rings. The quantitative estimate of drug-likeness (QED) is 0.550. The van der Waals surface area contributed by atoms with Crippen LogP contribution in [-0.4, -0.2) is 40.2 Å². The molecule has 0 saturated carbocycles. The van der Waals surface area contributed by atoms with Crippen LogP contribution in [0.5, 0.6) is 0 Å². The maximum absolute atomic E-state index is 12.8. The van der Waals surface area contributed by atoms with Gasteiger partial charge in [-0.05, 0) is 11.5 Å². The lowest BCUT2D eigenvalue weighted by Crippen LogP contribution is -2.51. The van der Waals surface area contributed by atoms with Gasteiger partial charge < -0.3 is 20.4 Å². The van der Waals surface area contributed by atoms with E-state index < -0.39 is 12.1 Å². The number of aromatic amines is 1. The minimum absolute atomic E-state index is 0.183. The van der Waals surface area contributed by atoms with Crippen molar-refractivity contribution in [2.45, 2.75) is 45.2 Å². The normalized spacial score (nSPS) is 13.0. The number of hydrogen-bond acceptors (Lipinski definition) is 4. The molecule has 144 valence electrons. The summed E-state index contributed by atoms with van der Waals surface area (Å²) in [6, 6.07) is 8.01. The molecule has 0 aliphatic carbocycles. The number of imidazole rings is 1. The first-order valence-corrected chi connectivity index (χ1v) is 9.04. The molecule has 0 aliphatic heterocycles. The van der Waals surface area contributed by atoms with Crippen molar-refractivity contribution in [3.05, 3.63) is 54.1 Å². The Bertz CT molecular complexity index is 729. The molecule has 0 aliphatic rings. The van der Waals surface area contributed by atoms with Gasteiger partial charge in [-0.3, -0.25) is 9.59 Å². The number of benzene rings is 1. The second kappa shape index (κ2) is 10.3. The van der Waals surface area contributed by atoms with Crippen LogP contribution in [0.2, 0.25) is 0 Å². The third kappa shape index (κ3) is 7.05. The van der Waals surface area contributed by atoms with E-state index in [1.54, 1.807) is 6.20 Å². The number of aldehydes is 1. The molecule has 1 aromatic carbocycles. The zero-order valence-electron chi connectivity index (χ0n) is 15.6. The minimum atomic E-state index is -0.747. The summed E-state index contributed by atoms with van der Waals surface area (Å²) in [7, 11) is 0. The molecule has 2 amide bonds. The molecular weight excluding hydrogens is 344 g/mol. The summed E-state index contributed by atoms with van der Waals surface area (Å²) in [5, 5.41) is 5.51. The Kier molecular flexibility index (Phi) is 7.73. The molecule has 2 rings (SSSR count). The van der Waals surface area contributed by atoms with E-state index in [1.165, 1.54) is 6.33 Å². The average molecular weight is 370 g/mol. The van der Waals surface area contributed by atoms with Crippen molar-refractivity contribution in [2.75, 3.05) is 0 Å². The Balaban J connectivity index is 2.06. The van der Waals surface area contributed by atoms with Crippen LogP contribution in [0.4, 0.5) is 0 Å². The third-order valence-corrected chi connectivity index (χ3v) is 4.01. The summed E-state index contributed by atoms with van der Waals surface area (Å²) >= 11 is 0. The molecule has 3 N–H and O–H groups in total. The zero-order valence-corrected chi connectivity index (χ0v) is 15.6. The van der Waals surface area contributed by atoms with Crippen LogP contribution in [0, 0.1) is 5.92 Å². The molecule has 1 heterocycles. The van der Waals surface area contributed by atoms with E-state index >= 15 is 0 Å². The van der Waals surface area contributed by atoms with Gasteiger partial charge in [-0.25, -0.2) is 4.98 Å². The van der Waals surface area contributed by atoms with Crippen molar-refractivity contribution in [3.63, 3.8) is 0 Å². The van der Waals surface area contributed by atoms with Gasteiger partial charge in [0.05, 0.1) is 12.4 Å². The minimum Gasteiger partial charge on any atom is -0.348 e. The van der Waals surface area contributed by atoms with Crippen molar-refractivity contribution >= 4 is 18.1 Å². The predicted molar refractivity (Wildman–Crippen MR) is 102 cm³/mol. The summed E-state index contributed by atoms with van der Waals surface area (Å²) in [6.45, 7) is 3.89. The van der Waals surface area contributed by atoms with E-state index in [0.29, 0.717) is 25.5 Å². The lowest BCUT2D eigenvalue weighted by atomic mass is 10.0. The molecule has 0 spiro atoms. The number of amides is 2. The summed E-state index contributed by atoms with van der Waals surface area (Å²) in [5.74, 6) is -0.376. The molecule has 0 radical (unpaired) electrons. The van der Waals surface area contributed by atoms with Crippen LogP contribution < -0.4 is 10.6 Å². The van der Waals surface area contributed by atoms with Crippen LogP contribution in [0.15, 0.2) is 42.9 Å². The molecule has 0 bridgehead atoms. The van der Waals surface area contributed by atoms with Gasteiger partial charge in [0.15, 0.2) is 0 Å². The topological polar surface area (TPSA) is 104 Å². The van der Waals surface area contributed by atoms with Crippen LogP contribution in [-0.2, 0) is 27.2 Å². The monoisotopic (exact) mass is 370 g/mol. The fourth-order valence-electron chi connectivity index (χ4n) is 2.73. The Morgan fingerprint density at radius 3 is 2.48 bits per heavy atom. The van der Waals surface area contributed by atoms with Crippen LogP contribution in [0.1, 0.15) is 31.5 Å². The summed E-state index contributed by atoms with van der Waals surface area (Å²) in [4.78, 5) is 43.1. The maximum atomic E-state index is 12.8. The molecule has 7 heteroatoms. The van der Waals surface area contributed by atoms with Crippen LogP contribution in [0.25, 0.3) is 0 Å². The molecule has 7 nitrogen and oxygen atoms in total. The first-order chi connectivity index (χ1) is 13.0. The van der Waals surface area contributed by atoms with Gasteiger partial charge >= 0.3 is 0 Å². The predicted octanol–water partition coefficient (Wildman–Crippen LogP) is 1.41. The standard InChI is InChI=1S/C20H26N4O3/c1-14(2)8-19(26)24-18(9-15-6-4-3-5-7-15)20(27)23-17(12-25)10-16-11-21-13-22-16/h3-7,11-14,17-18H,8-10H2,1-2H3,(H,21,22)(H,23,27)(H,24,26). The lowest BCUT2D eigenvalue weighted by Gasteiger charge is -2.21. The van der Waals surface area contributed by atoms with Gasteiger partial charge in [-0.1, -0.05) is 44.2 Å². The first-order valence-electron chi connectivity index (χ1n) is 9.04. The number of hydrogen-bond donors (Lipinski definition) is 3. The highest BCUT2D eigenvalue weighted by Gasteiger charge is 2.24. The fraction of sp³-hybridized carbons (Fsp3) is 0.400. The molecule has 27 heavy (non-hydrogen) atoms. The molecule has 2 unspecified atom stereocenters. The van der Waals surface area contributed by atoms with E-state index in [1.807, 2.05) is 44.2 Å². The molecule has 0 fully saturated rings. The van der Waals surface area contributed by atoms with Crippen molar-refractivity contribution in [3.8, 4) is 0 Å². The Labute approximate surface area is 159 Å². The van der Waals surface area contributed by atoms with Crippen LogP contribution in [0.3, 0.4) is 0 Å². The molecule has 0 saturated heterocycles. The molecule has 1 aromatic heterocycles. The van der Waals surface area contributed by atoms with E-state index in [-0.39, 0.29) is 17.7 Å². The highest BCUT2D eigenvalue weighted by atomic mass is 16.2. The Morgan fingerprint density at radius 2 is 1.89 bits per heavy atom. The zero-order chi connectivity index (χ0) is 19.6. The lowest BCUT2D eigenvalue weighted by molar-refractivity contribution is -0.130. The summed E-state index contributed by atoms with van der Waals surface area (Å²) < 4.78 is 0. The SMILES string of the molecule is CC(C)CC(=O)NC(Cc1ccccc1)C(=O)NC(C=O)Cc1cnc[nH]1. The first kappa shape index (κ1) is 20.4. The van der Waals surface area contributed by atoms with Gasteiger partial charge in [-0.2, -0.15) is 0 Å². The van der Waals surface area contributed by atoms with Crippen molar-refractivity contribution in [2.24, 2.45) is 5.92 Å². The summed E-state index contributed by atoms with van der Waals surface area (Å²) in [6.07, 6.45) is 4.81. The highest BCUT2D eigenvalue weighted by molar-refractivity contribution is 5.89. The molecule has 2 atom stereocenters. The Morgan fingerprint density at radius 1 is 1.15 bits per heavy atom. The second-order valence-corrected chi connectivity index (χ2v) is 6.94. The van der Waals surface area contributed by atoms with Gasteiger partial charge in [0, 0.05) is 31.2 Å². The van der Waals surface area contributed by atoms with E-state index in [2.05, 4.69) is 20.6 Å². The largest absolute Gasteiger partial charge is 0.348 e. The van der Waals surface area contributed by atoms with E-state index in [4.69, 9.17) is 0 Å². The van der Waals surface area contributed by atoms with Gasteiger partial charge in [0.25, 0.3) is 0 Å². The van der Waals surface area contributed by atoms with Gasteiger partial charge in [-0.15, -0.1) is 0 Å².